The Bertz CT molecular complexity index is 1640. The van der Waals surface area contributed by atoms with E-state index in [0.29, 0.717) is 0 Å². The van der Waals surface area contributed by atoms with Crippen molar-refractivity contribution in [1.82, 2.24) is 9.13 Å². The maximum Gasteiger partial charge on any atom is 0.0541 e. The van der Waals surface area contributed by atoms with E-state index in [1.165, 1.54) is 44.0 Å². The molecule has 2 heteroatoms. The van der Waals surface area contributed by atoms with Crippen molar-refractivity contribution in [3.8, 4) is 11.4 Å². The zero-order chi connectivity index (χ0) is 24.4. The smallest absolute Gasteiger partial charge is 0.0541 e. The van der Waals surface area contributed by atoms with Crippen molar-refractivity contribution >= 4 is 38.8 Å². The molecule has 0 N–H and O–H groups in total. The summed E-state index contributed by atoms with van der Waals surface area (Å²) in [4.78, 5) is 0. The second-order valence-corrected chi connectivity index (χ2v) is 8.35. The number of hydrogen-bond donors (Lipinski definition) is 0. The first-order chi connectivity index (χ1) is 17.3. The van der Waals surface area contributed by atoms with Crippen molar-refractivity contribution in [2.75, 3.05) is 0 Å². The van der Waals surface area contributed by atoms with E-state index in [4.69, 9.17) is 0 Å². The molecule has 172 valence electrons. The third kappa shape index (κ3) is 3.68. The topological polar surface area (TPSA) is 9.86 Å². The molecule has 0 aliphatic rings. The second kappa shape index (κ2) is 9.52. The van der Waals surface area contributed by atoms with Crippen LogP contribution in [0.15, 0.2) is 116 Å². The van der Waals surface area contributed by atoms with Crippen LogP contribution in [-0.2, 0) is 0 Å². The Labute approximate surface area is 207 Å². The van der Waals surface area contributed by atoms with Gasteiger partial charge in [-0.1, -0.05) is 93.2 Å². The summed E-state index contributed by atoms with van der Waals surface area (Å²) < 4.78 is 4.72. The molecule has 0 atom stereocenters. The molecule has 0 radical (unpaired) electrons. The molecule has 35 heavy (non-hydrogen) atoms. The number of benzene rings is 4. The maximum absolute atomic E-state index is 3.87. The highest BCUT2D eigenvalue weighted by atomic mass is 15.0. The zero-order valence-corrected chi connectivity index (χ0v) is 20.6. The van der Waals surface area contributed by atoms with Gasteiger partial charge in [0.15, 0.2) is 0 Å². The van der Waals surface area contributed by atoms with Crippen molar-refractivity contribution < 1.29 is 0 Å². The van der Waals surface area contributed by atoms with Crippen molar-refractivity contribution in [2.24, 2.45) is 0 Å². The average molecular weight is 455 g/mol. The molecule has 0 saturated carbocycles. The fraction of sp³-hybridized carbons (Fsp3) is 0.0909. The highest BCUT2D eigenvalue weighted by Crippen LogP contribution is 2.34. The van der Waals surface area contributed by atoms with E-state index in [1.54, 1.807) is 0 Å². The summed E-state index contributed by atoms with van der Waals surface area (Å²) in [7, 11) is 0. The lowest BCUT2D eigenvalue weighted by atomic mass is 10.1. The van der Waals surface area contributed by atoms with Gasteiger partial charge in [-0.3, -0.25) is 0 Å². The van der Waals surface area contributed by atoms with Crippen molar-refractivity contribution in [2.45, 2.75) is 20.8 Å². The van der Waals surface area contributed by atoms with Gasteiger partial charge in [-0.05, 0) is 55.0 Å². The van der Waals surface area contributed by atoms with Gasteiger partial charge in [0.25, 0.3) is 0 Å². The van der Waals surface area contributed by atoms with E-state index >= 15 is 0 Å². The summed E-state index contributed by atoms with van der Waals surface area (Å²) in [6.07, 6.45) is 5.99. The first-order valence-electron chi connectivity index (χ1n) is 12.3. The van der Waals surface area contributed by atoms with Gasteiger partial charge >= 0.3 is 0 Å². The SMILES string of the molecule is C=C/C=C\c1c(C)c2ccccc2n1-c1cccc(-n2c3ccccc3c3ccccc32)c1.CC. The largest absolute Gasteiger partial charge is 0.310 e. The lowest BCUT2D eigenvalue weighted by Crippen LogP contribution is -2.00. The predicted octanol–water partition coefficient (Wildman–Crippen LogP) is 9.26. The van der Waals surface area contributed by atoms with E-state index in [0.717, 1.165) is 11.4 Å². The number of aryl methyl sites for hydroxylation is 1. The first-order valence-corrected chi connectivity index (χ1v) is 12.3. The third-order valence-electron chi connectivity index (χ3n) is 6.49. The molecule has 0 amide bonds. The van der Waals surface area contributed by atoms with Crippen molar-refractivity contribution in [3.63, 3.8) is 0 Å². The second-order valence-electron chi connectivity index (χ2n) is 8.35. The molecule has 6 aromatic rings. The number of nitrogens with zero attached hydrogens (tertiary/aromatic N) is 2. The minimum Gasteiger partial charge on any atom is -0.310 e. The fourth-order valence-electron chi connectivity index (χ4n) is 5.03. The summed E-state index contributed by atoms with van der Waals surface area (Å²) in [6.45, 7) is 10.1. The number of allylic oxidation sites excluding steroid dienone is 2. The van der Waals surface area contributed by atoms with Gasteiger partial charge in [0.05, 0.1) is 16.6 Å². The summed E-state index contributed by atoms with van der Waals surface area (Å²) >= 11 is 0. The molecule has 0 bridgehead atoms. The van der Waals surface area contributed by atoms with Crippen LogP contribution < -0.4 is 0 Å². The van der Waals surface area contributed by atoms with Crippen LogP contribution in [0.2, 0.25) is 0 Å². The van der Waals surface area contributed by atoms with Gasteiger partial charge in [-0.2, -0.15) is 0 Å². The number of para-hydroxylation sites is 3. The number of fused-ring (bicyclic) bond motifs is 4. The normalized spacial score (nSPS) is 11.3. The molecule has 6 rings (SSSR count). The number of rotatable bonds is 4. The average Bonchev–Trinajstić information content (AvgIpc) is 3.41. The van der Waals surface area contributed by atoms with Crippen molar-refractivity contribution in [3.05, 3.63) is 127 Å². The minimum atomic E-state index is 1.14. The van der Waals surface area contributed by atoms with Crippen LogP contribution in [0.4, 0.5) is 0 Å². The van der Waals surface area contributed by atoms with E-state index < -0.39 is 0 Å². The van der Waals surface area contributed by atoms with Crippen LogP contribution in [0, 0.1) is 6.92 Å². The summed E-state index contributed by atoms with van der Waals surface area (Å²) in [5.74, 6) is 0. The van der Waals surface area contributed by atoms with E-state index in [9.17, 15) is 0 Å². The van der Waals surface area contributed by atoms with E-state index in [2.05, 4.69) is 126 Å². The Morgan fingerprint density at radius 3 is 1.66 bits per heavy atom. The molecule has 2 aromatic heterocycles. The summed E-state index contributed by atoms with van der Waals surface area (Å²) in [5.41, 5.74) is 8.38. The summed E-state index contributed by atoms with van der Waals surface area (Å²) in [6, 6.07) is 34.7. The van der Waals surface area contributed by atoms with Gasteiger partial charge in [-0.25, -0.2) is 0 Å². The van der Waals surface area contributed by atoms with Gasteiger partial charge in [0, 0.05) is 33.2 Å². The quantitative estimate of drug-likeness (QED) is 0.235. The number of hydrogen-bond acceptors (Lipinski definition) is 0. The van der Waals surface area contributed by atoms with Crippen LogP contribution >= 0.6 is 0 Å². The monoisotopic (exact) mass is 454 g/mol. The van der Waals surface area contributed by atoms with Gasteiger partial charge in [0.1, 0.15) is 0 Å². The molecule has 0 aliphatic heterocycles. The molecular weight excluding hydrogens is 424 g/mol. The summed E-state index contributed by atoms with van der Waals surface area (Å²) in [5, 5.41) is 3.81. The number of aromatic nitrogens is 2. The van der Waals surface area contributed by atoms with Crippen LogP contribution in [0.25, 0.3) is 50.2 Å². The van der Waals surface area contributed by atoms with Gasteiger partial charge in [0.2, 0.25) is 0 Å². The highest BCUT2D eigenvalue weighted by Gasteiger charge is 2.15. The predicted molar refractivity (Wildman–Crippen MR) is 153 cm³/mol. The van der Waals surface area contributed by atoms with E-state index in [1.807, 2.05) is 26.0 Å². The first kappa shape index (κ1) is 22.5. The zero-order valence-electron chi connectivity index (χ0n) is 20.6. The van der Waals surface area contributed by atoms with E-state index in [-0.39, 0.29) is 0 Å². The maximum atomic E-state index is 3.87. The molecule has 0 unspecified atom stereocenters. The Hall–Kier alpha value is -4.30. The van der Waals surface area contributed by atoms with Crippen LogP contribution in [0.5, 0.6) is 0 Å². The van der Waals surface area contributed by atoms with Crippen LogP contribution in [-0.4, -0.2) is 9.13 Å². The molecule has 0 saturated heterocycles. The Balaban J connectivity index is 0.00000124. The Kier molecular flexibility index (Phi) is 6.12. The van der Waals surface area contributed by atoms with Crippen LogP contribution in [0.1, 0.15) is 25.1 Å². The van der Waals surface area contributed by atoms with Gasteiger partial charge < -0.3 is 9.13 Å². The highest BCUT2D eigenvalue weighted by molar-refractivity contribution is 6.09. The standard InChI is InChI=1S/C31H24N2.C2H6/c1-3-4-17-28-22(2)25-14-5-8-18-29(25)32(28)23-12-11-13-24(21-23)33-30-19-9-6-15-26(30)27-16-7-10-20-31(27)33;1-2/h3-21H,1H2,2H3;1-2H3/b17-4-;. The lowest BCUT2D eigenvalue weighted by Gasteiger charge is -2.13. The Morgan fingerprint density at radius 2 is 1.09 bits per heavy atom. The molecule has 0 aliphatic carbocycles. The minimum absolute atomic E-state index is 1.14. The van der Waals surface area contributed by atoms with Crippen molar-refractivity contribution in [1.29, 1.82) is 0 Å². The third-order valence-corrected chi connectivity index (χ3v) is 6.49. The molecule has 4 aromatic carbocycles. The lowest BCUT2D eigenvalue weighted by molar-refractivity contribution is 1.08. The molecule has 2 heterocycles. The molecule has 2 nitrogen and oxygen atoms in total. The fourth-order valence-corrected chi connectivity index (χ4v) is 5.03. The van der Waals surface area contributed by atoms with Gasteiger partial charge in [-0.15, -0.1) is 0 Å². The molecule has 0 spiro atoms. The molecule has 0 fully saturated rings. The molecular formula is C33H30N2. The van der Waals surface area contributed by atoms with Crippen LogP contribution in [0.3, 0.4) is 0 Å². The Morgan fingerprint density at radius 1 is 0.600 bits per heavy atom.